The van der Waals surface area contributed by atoms with Crippen molar-refractivity contribution in [1.29, 1.82) is 0 Å². The molecule has 0 saturated carbocycles. The van der Waals surface area contributed by atoms with Crippen LogP contribution < -0.4 is 4.90 Å². The highest BCUT2D eigenvalue weighted by molar-refractivity contribution is 5.74. The number of esters is 1. The standard InChI is InChI=1S/C15H19NO3/c17-15-12(6-9-19-15)5-7-16-8-10-18-11-13-3-1-2-4-14(13)16/h1-4,12H,5-11H2. The summed E-state index contributed by atoms with van der Waals surface area (Å²) >= 11 is 0. The van der Waals surface area contributed by atoms with E-state index in [1.165, 1.54) is 11.3 Å². The van der Waals surface area contributed by atoms with Crippen LogP contribution in [0.4, 0.5) is 5.69 Å². The number of fused-ring (bicyclic) bond motifs is 1. The van der Waals surface area contributed by atoms with Crippen LogP contribution in [0, 0.1) is 5.92 Å². The second-order valence-electron chi connectivity index (χ2n) is 5.11. The maximum atomic E-state index is 11.5. The quantitative estimate of drug-likeness (QED) is 0.780. The molecule has 0 bridgehead atoms. The molecule has 4 heteroatoms. The number of carbonyl (C=O) groups is 1. The van der Waals surface area contributed by atoms with Gasteiger partial charge in [-0.1, -0.05) is 18.2 Å². The molecule has 0 amide bonds. The van der Waals surface area contributed by atoms with Crippen LogP contribution in [-0.4, -0.2) is 32.3 Å². The van der Waals surface area contributed by atoms with Crippen molar-refractivity contribution >= 4 is 11.7 Å². The van der Waals surface area contributed by atoms with E-state index in [2.05, 4.69) is 23.1 Å². The van der Waals surface area contributed by atoms with Crippen molar-refractivity contribution in [3.63, 3.8) is 0 Å². The molecular weight excluding hydrogens is 242 g/mol. The molecule has 4 nitrogen and oxygen atoms in total. The Morgan fingerprint density at radius 1 is 1.26 bits per heavy atom. The average molecular weight is 261 g/mol. The number of hydrogen-bond donors (Lipinski definition) is 0. The van der Waals surface area contributed by atoms with E-state index in [4.69, 9.17) is 9.47 Å². The zero-order chi connectivity index (χ0) is 13.1. The molecule has 0 aliphatic carbocycles. The molecule has 0 spiro atoms. The Morgan fingerprint density at radius 3 is 3.00 bits per heavy atom. The predicted octanol–water partition coefficient (Wildman–Crippen LogP) is 1.98. The third kappa shape index (κ3) is 2.73. The highest BCUT2D eigenvalue weighted by Crippen LogP contribution is 2.26. The van der Waals surface area contributed by atoms with E-state index < -0.39 is 0 Å². The summed E-state index contributed by atoms with van der Waals surface area (Å²) in [4.78, 5) is 13.8. The summed E-state index contributed by atoms with van der Waals surface area (Å²) in [5, 5.41) is 0. The van der Waals surface area contributed by atoms with Crippen LogP contribution in [0.5, 0.6) is 0 Å². The fraction of sp³-hybridized carbons (Fsp3) is 0.533. The lowest BCUT2D eigenvalue weighted by Crippen LogP contribution is -2.29. The number of nitrogens with zero attached hydrogens (tertiary/aromatic N) is 1. The molecule has 2 aliphatic rings. The minimum absolute atomic E-state index is 0.0284. The summed E-state index contributed by atoms with van der Waals surface area (Å²) in [7, 11) is 0. The van der Waals surface area contributed by atoms with E-state index >= 15 is 0 Å². The van der Waals surface area contributed by atoms with E-state index in [1.54, 1.807) is 0 Å². The van der Waals surface area contributed by atoms with Crippen LogP contribution in [0.15, 0.2) is 24.3 Å². The summed E-state index contributed by atoms with van der Waals surface area (Å²) in [6.07, 6.45) is 1.73. The topological polar surface area (TPSA) is 38.8 Å². The molecule has 102 valence electrons. The molecule has 0 aromatic heterocycles. The molecule has 1 unspecified atom stereocenters. The van der Waals surface area contributed by atoms with Gasteiger partial charge in [-0.25, -0.2) is 0 Å². The van der Waals surface area contributed by atoms with Crippen molar-refractivity contribution in [3.05, 3.63) is 29.8 Å². The number of para-hydroxylation sites is 1. The predicted molar refractivity (Wildman–Crippen MR) is 72.0 cm³/mol. The van der Waals surface area contributed by atoms with Crippen LogP contribution in [0.1, 0.15) is 18.4 Å². The van der Waals surface area contributed by atoms with E-state index in [9.17, 15) is 4.79 Å². The van der Waals surface area contributed by atoms with E-state index in [1.807, 2.05) is 6.07 Å². The average Bonchev–Trinajstić information content (AvgIpc) is 2.73. The van der Waals surface area contributed by atoms with E-state index in [0.29, 0.717) is 13.2 Å². The Labute approximate surface area is 113 Å². The van der Waals surface area contributed by atoms with E-state index in [0.717, 1.165) is 32.5 Å². The molecule has 1 fully saturated rings. The van der Waals surface area contributed by atoms with Gasteiger partial charge in [-0.05, 0) is 18.9 Å². The Bertz CT molecular complexity index is 460. The lowest BCUT2D eigenvalue weighted by molar-refractivity contribution is -0.141. The van der Waals surface area contributed by atoms with Crippen LogP contribution >= 0.6 is 0 Å². The molecule has 0 N–H and O–H groups in total. The smallest absolute Gasteiger partial charge is 0.309 e. The van der Waals surface area contributed by atoms with Crippen molar-refractivity contribution in [2.24, 2.45) is 5.92 Å². The molecule has 2 aliphatic heterocycles. The van der Waals surface area contributed by atoms with Crippen LogP contribution in [-0.2, 0) is 20.9 Å². The van der Waals surface area contributed by atoms with Gasteiger partial charge in [0.25, 0.3) is 0 Å². The first-order valence-electron chi connectivity index (χ1n) is 6.92. The van der Waals surface area contributed by atoms with Crippen molar-refractivity contribution in [2.45, 2.75) is 19.4 Å². The first kappa shape index (κ1) is 12.5. The number of anilines is 1. The van der Waals surface area contributed by atoms with Crippen molar-refractivity contribution in [2.75, 3.05) is 31.2 Å². The van der Waals surface area contributed by atoms with Gasteiger partial charge in [0.2, 0.25) is 0 Å². The second-order valence-corrected chi connectivity index (χ2v) is 5.11. The molecule has 2 heterocycles. The minimum atomic E-state index is -0.0284. The fourth-order valence-electron chi connectivity index (χ4n) is 2.76. The number of rotatable bonds is 3. The first-order chi connectivity index (χ1) is 9.34. The summed E-state index contributed by atoms with van der Waals surface area (Å²) in [5.74, 6) is 0.0516. The third-order valence-electron chi connectivity index (χ3n) is 3.89. The normalized spacial score (nSPS) is 22.8. The lowest BCUT2D eigenvalue weighted by Gasteiger charge is -2.24. The Morgan fingerprint density at radius 2 is 2.16 bits per heavy atom. The molecule has 1 atom stereocenters. The number of ether oxygens (including phenoxy) is 2. The van der Waals surface area contributed by atoms with Gasteiger partial charge in [0, 0.05) is 24.3 Å². The fourth-order valence-corrected chi connectivity index (χ4v) is 2.76. The van der Waals surface area contributed by atoms with Gasteiger partial charge in [0.1, 0.15) is 0 Å². The molecule has 1 saturated heterocycles. The molecule has 19 heavy (non-hydrogen) atoms. The Kier molecular flexibility index (Phi) is 3.69. The largest absolute Gasteiger partial charge is 0.465 e. The van der Waals surface area contributed by atoms with Crippen LogP contribution in [0.3, 0.4) is 0 Å². The zero-order valence-electron chi connectivity index (χ0n) is 11.0. The Hall–Kier alpha value is -1.55. The second kappa shape index (κ2) is 5.61. The van der Waals surface area contributed by atoms with Gasteiger partial charge >= 0.3 is 5.97 Å². The SMILES string of the molecule is O=C1OCCC1CCN1CCOCc2ccccc21. The highest BCUT2D eigenvalue weighted by Gasteiger charge is 2.27. The third-order valence-corrected chi connectivity index (χ3v) is 3.89. The monoisotopic (exact) mass is 261 g/mol. The summed E-state index contributed by atoms with van der Waals surface area (Å²) in [5.41, 5.74) is 2.47. The molecular formula is C15H19NO3. The molecule has 1 aromatic rings. The Balaban J connectivity index is 1.68. The first-order valence-corrected chi connectivity index (χ1v) is 6.92. The van der Waals surface area contributed by atoms with Gasteiger partial charge in [0.05, 0.1) is 25.7 Å². The van der Waals surface area contributed by atoms with Crippen molar-refractivity contribution in [1.82, 2.24) is 0 Å². The maximum Gasteiger partial charge on any atom is 0.309 e. The summed E-state index contributed by atoms with van der Waals surface area (Å²) in [6, 6.07) is 8.34. The van der Waals surface area contributed by atoms with Gasteiger partial charge in [-0.3, -0.25) is 4.79 Å². The lowest BCUT2D eigenvalue weighted by atomic mass is 10.0. The van der Waals surface area contributed by atoms with Crippen molar-refractivity contribution < 1.29 is 14.3 Å². The van der Waals surface area contributed by atoms with E-state index in [-0.39, 0.29) is 11.9 Å². The highest BCUT2D eigenvalue weighted by atomic mass is 16.5. The maximum absolute atomic E-state index is 11.5. The number of carbonyl (C=O) groups excluding carboxylic acids is 1. The summed E-state index contributed by atoms with van der Waals surface area (Å²) in [6.45, 7) is 3.78. The number of hydrogen-bond acceptors (Lipinski definition) is 4. The molecule has 3 rings (SSSR count). The van der Waals surface area contributed by atoms with Crippen LogP contribution in [0.2, 0.25) is 0 Å². The van der Waals surface area contributed by atoms with Gasteiger partial charge < -0.3 is 14.4 Å². The molecule has 0 radical (unpaired) electrons. The zero-order valence-corrected chi connectivity index (χ0v) is 11.0. The van der Waals surface area contributed by atoms with Crippen LogP contribution in [0.25, 0.3) is 0 Å². The molecule has 1 aromatic carbocycles. The van der Waals surface area contributed by atoms with Gasteiger partial charge in [-0.2, -0.15) is 0 Å². The number of cyclic esters (lactones) is 1. The van der Waals surface area contributed by atoms with Gasteiger partial charge in [-0.15, -0.1) is 0 Å². The van der Waals surface area contributed by atoms with Gasteiger partial charge in [0.15, 0.2) is 0 Å². The number of benzene rings is 1. The van der Waals surface area contributed by atoms with Crippen molar-refractivity contribution in [3.8, 4) is 0 Å². The minimum Gasteiger partial charge on any atom is -0.465 e. The summed E-state index contributed by atoms with van der Waals surface area (Å²) < 4.78 is 10.6.